The van der Waals surface area contributed by atoms with Gasteiger partial charge in [-0.25, -0.2) is 4.98 Å². The number of anilines is 2. The first-order valence-electron chi connectivity index (χ1n) is 11.1. The van der Waals surface area contributed by atoms with E-state index in [9.17, 15) is 0 Å². The van der Waals surface area contributed by atoms with E-state index in [2.05, 4.69) is 43.4 Å². The molecule has 0 saturated heterocycles. The zero-order valence-corrected chi connectivity index (χ0v) is 17.6. The molecular formula is C24H29N5. The van der Waals surface area contributed by atoms with Crippen LogP contribution in [0, 0.1) is 38.5 Å². The normalized spacial score (nSPS) is 30.2. The number of rotatable bonds is 3. The third-order valence-corrected chi connectivity index (χ3v) is 7.82. The monoisotopic (exact) mass is 387 g/mol. The SMILES string of the molecule is Cc1cc(Nc2cccc(C)c2C)n2nc(C34CC5CC(CC(C5)C3)C4)nc2n1. The van der Waals surface area contributed by atoms with Crippen LogP contribution in [0.3, 0.4) is 0 Å². The molecule has 4 aliphatic rings. The Morgan fingerprint density at radius 1 is 0.966 bits per heavy atom. The van der Waals surface area contributed by atoms with Crippen molar-refractivity contribution in [2.45, 2.75) is 64.7 Å². The maximum atomic E-state index is 5.07. The van der Waals surface area contributed by atoms with Crippen LogP contribution in [-0.4, -0.2) is 19.6 Å². The summed E-state index contributed by atoms with van der Waals surface area (Å²) in [5.41, 5.74) is 4.81. The van der Waals surface area contributed by atoms with E-state index in [-0.39, 0.29) is 5.41 Å². The van der Waals surface area contributed by atoms with Crippen LogP contribution in [-0.2, 0) is 5.41 Å². The third kappa shape index (κ3) is 2.70. The molecule has 2 aromatic heterocycles. The summed E-state index contributed by atoms with van der Waals surface area (Å²) in [7, 11) is 0. The molecule has 0 atom stereocenters. The second-order valence-corrected chi connectivity index (χ2v) is 10.0. The zero-order valence-electron chi connectivity index (χ0n) is 17.6. The third-order valence-electron chi connectivity index (χ3n) is 7.82. The van der Waals surface area contributed by atoms with E-state index < -0.39 is 0 Å². The molecule has 150 valence electrons. The summed E-state index contributed by atoms with van der Waals surface area (Å²) in [5.74, 6) is 5.37. The average molecular weight is 388 g/mol. The number of hydrogen-bond donors (Lipinski definition) is 1. The van der Waals surface area contributed by atoms with Gasteiger partial charge in [0.2, 0.25) is 0 Å². The van der Waals surface area contributed by atoms with Gasteiger partial charge in [-0.05, 0) is 94.2 Å². The van der Waals surface area contributed by atoms with Crippen molar-refractivity contribution < 1.29 is 0 Å². The predicted molar refractivity (Wildman–Crippen MR) is 115 cm³/mol. The van der Waals surface area contributed by atoms with E-state index >= 15 is 0 Å². The lowest BCUT2D eigenvalue weighted by Gasteiger charge is -2.55. The molecule has 1 N–H and O–H groups in total. The van der Waals surface area contributed by atoms with Crippen LogP contribution in [0.4, 0.5) is 11.5 Å². The number of hydrogen-bond acceptors (Lipinski definition) is 4. The van der Waals surface area contributed by atoms with Crippen LogP contribution in [0.2, 0.25) is 0 Å². The highest BCUT2D eigenvalue weighted by molar-refractivity contribution is 5.63. The average Bonchev–Trinajstić information content (AvgIpc) is 3.09. The molecule has 29 heavy (non-hydrogen) atoms. The number of aryl methyl sites for hydroxylation is 2. The highest BCUT2D eigenvalue weighted by Gasteiger charge is 2.53. The molecule has 3 aromatic rings. The van der Waals surface area contributed by atoms with Gasteiger partial charge in [0.25, 0.3) is 5.78 Å². The Morgan fingerprint density at radius 3 is 2.34 bits per heavy atom. The Morgan fingerprint density at radius 2 is 1.66 bits per heavy atom. The Balaban J connectivity index is 1.44. The minimum Gasteiger partial charge on any atom is -0.340 e. The van der Waals surface area contributed by atoms with Crippen molar-refractivity contribution in [3.05, 3.63) is 46.9 Å². The lowest BCUT2D eigenvalue weighted by atomic mass is 9.49. The van der Waals surface area contributed by atoms with Gasteiger partial charge < -0.3 is 5.32 Å². The summed E-state index contributed by atoms with van der Waals surface area (Å²) in [6, 6.07) is 8.44. The van der Waals surface area contributed by atoms with Crippen molar-refractivity contribution in [3.63, 3.8) is 0 Å². The minimum absolute atomic E-state index is 0.187. The Hall–Kier alpha value is -2.43. The van der Waals surface area contributed by atoms with Gasteiger partial charge in [-0.2, -0.15) is 9.50 Å². The molecule has 0 unspecified atom stereocenters. The highest BCUT2D eigenvalue weighted by Crippen LogP contribution is 2.60. The van der Waals surface area contributed by atoms with Gasteiger partial charge in [-0.3, -0.25) is 0 Å². The second kappa shape index (κ2) is 6.04. The molecule has 0 amide bonds. The molecule has 0 radical (unpaired) electrons. The molecule has 4 saturated carbocycles. The first kappa shape index (κ1) is 17.4. The van der Waals surface area contributed by atoms with E-state index in [1.807, 2.05) is 11.4 Å². The van der Waals surface area contributed by atoms with Crippen molar-refractivity contribution in [2.75, 3.05) is 5.32 Å². The molecule has 4 bridgehead atoms. The van der Waals surface area contributed by atoms with Crippen molar-refractivity contribution in [1.82, 2.24) is 19.6 Å². The van der Waals surface area contributed by atoms with E-state index in [1.54, 1.807) is 0 Å². The van der Waals surface area contributed by atoms with Crippen LogP contribution >= 0.6 is 0 Å². The predicted octanol–water partition coefficient (Wildman–Crippen LogP) is 5.26. The molecular weight excluding hydrogens is 358 g/mol. The zero-order chi connectivity index (χ0) is 19.8. The molecule has 4 fully saturated rings. The fraction of sp³-hybridized carbons (Fsp3) is 0.542. The number of nitrogens with zero attached hydrogens (tertiary/aromatic N) is 4. The second-order valence-electron chi connectivity index (χ2n) is 10.0. The van der Waals surface area contributed by atoms with Crippen molar-refractivity contribution in [2.24, 2.45) is 17.8 Å². The molecule has 7 rings (SSSR count). The van der Waals surface area contributed by atoms with E-state index in [0.717, 1.165) is 46.6 Å². The largest absolute Gasteiger partial charge is 0.340 e. The molecule has 5 heteroatoms. The summed E-state index contributed by atoms with van der Waals surface area (Å²) in [6.45, 7) is 6.34. The molecule has 0 aliphatic heterocycles. The van der Waals surface area contributed by atoms with Crippen molar-refractivity contribution in [3.8, 4) is 0 Å². The van der Waals surface area contributed by atoms with E-state index in [0.29, 0.717) is 0 Å². The van der Waals surface area contributed by atoms with Crippen LogP contribution in [0.5, 0.6) is 0 Å². The smallest absolute Gasteiger partial charge is 0.254 e. The maximum absolute atomic E-state index is 5.07. The Bertz CT molecular complexity index is 1080. The molecule has 2 heterocycles. The topological polar surface area (TPSA) is 55.1 Å². The molecule has 5 nitrogen and oxygen atoms in total. The summed E-state index contributed by atoms with van der Waals surface area (Å²) in [5, 5.41) is 8.68. The lowest BCUT2D eigenvalue weighted by molar-refractivity contribution is -0.00925. The van der Waals surface area contributed by atoms with Crippen LogP contribution in [0.15, 0.2) is 24.3 Å². The summed E-state index contributed by atoms with van der Waals surface area (Å²) >= 11 is 0. The van der Waals surface area contributed by atoms with Crippen LogP contribution in [0.25, 0.3) is 5.78 Å². The first-order chi connectivity index (χ1) is 14.0. The van der Waals surface area contributed by atoms with Gasteiger partial charge in [0, 0.05) is 22.9 Å². The van der Waals surface area contributed by atoms with Gasteiger partial charge in [-0.1, -0.05) is 12.1 Å². The molecule has 4 aliphatic carbocycles. The summed E-state index contributed by atoms with van der Waals surface area (Å²) < 4.78 is 1.93. The van der Waals surface area contributed by atoms with Crippen molar-refractivity contribution >= 4 is 17.3 Å². The van der Waals surface area contributed by atoms with Gasteiger partial charge >= 0.3 is 0 Å². The number of benzene rings is 1. The van der Waals surface area contributed by atoms with Crippen molar-refractivity contribution in [1.29, 1.82) is 0 Å². The van der Waals surface area contributed by atoms with Gasteiger partial charge in [0.1, 0.15) is 5.82 Å². The summed E-state index contributed by atoms with van der Waals surface area (Å²) in [6.07, 6.45) is 8.12. The summed E-state index contributed by atoms with van der Waals surface area (Å²) in [4.78, 5) is 9.72. The van der Waals surface area contributed by atoms with Gasteiger partial charge in [-0.15, -0.1) is 5.10 Å². The van der Waals surface area contributed by atoms with Gasteiger partial charge in [0.05, 0.1) is 0 Å². The maximum Gasteiger partial charge on any atom is 0.254 e. The Labute approximate surface area is 172 Å². The molecule has 0 spiro atoms. The number of nitrogens with one attached hydrogen (secondary N) is 1. The standard InChI is InChI=1S/C24H29N5/c1-14-5-4-6-20(16(14)3)26-21-7-15(2)25-23-27-22(28-29(21)23)24-11-17-8-18(12-24)10-19(9-17)13-24/h4-7,17-19,26H,8-13H2,1-3H3. The quantitative estimate of drug-likeness (QED) is 0.666. The first-order valence-corrected chi connectivity index (χ1v) is 11.1. The number of aromatic nitrogens is 4. The van der Waals surface area contributed by atoms with Gasteiger partial charge in [0.15, 0.2) is 5.82 Å². The Kier molecular flexibility index (Phi) is 3.63. The fourth-order valence-corrected chi connectivity index (χ4v) is 6.71. The lowest BCUT2D eigenvalue weighted by Crippen LogP contribution is -2.49. The van der Waals surface area contributed by atoms with E-state index in [1.165, 1.54) is 49.7 Å². The fourth-order valence-electron chi connectivity index (χ4n) is 6.71. The van der Waals surface area contributed by atoms with Crippen LogP contribution in [0.1, 0.15) is 61.2 Å². The van der Waals surface area contributed by atoms with E-state index in [4.69, 9.17) is 15.1 Å². The van der Waals surface area contributed by atoms with Crippen LogP contribution < -0.4 is 5.32 Å². The number of fused-ring (bicyclic) bond motifs is 1. The highest BCUT2D eigenvalue weighted by atomic mass is 15.4. The minimum atomic E-state index is 0.187. The molecule has 1 aromatic carbocycles.